The molecule has 0 spiro atoms. The first-order valence-corrected chi connectivity index (χ1v) is 7.83. The molecule has 0 fully saturated rings. The van der Waals surface area contributed by atoms with Crippen molar-refractivity contribution >= 4 is 10.0 Å². The Kier molecular flexibility index (Phi) is 4.77. The summed E-state index contributed by atoms with van der Waals surface area (Å²) in [6, 6.07) is 8.77. The molecule has 118 valence electrons. The lowest BCUT2D eigenvalue weighted by atomic mass is 10.2. The first kappa shape index (κ1) is 16.4. The van der Waals surface area contributed by atoms with Gasteiger partial charge in [-0.2, -0.15) is 4.31 Å². The van der Waals surface area contributed by atoms with Gasteiger partial charge in [0.05, 0.1) is 7.11 Å². The molecule has 0 aliphatic heterocycles. The van der Waals surface area contributed by atoms with Gasteiger partial charge in [-0.15, -0.1) is 0 Å². The van der Waals surface area contributed by atoms with Gasteiger partial charge in [-0.25, -0.2) is 17.2 Å². The second-order valence-electron chi connectivity index (χ2n) is 4.68. The summed E-state index contributed by atoms with van der Waals surface area (Å²) in [5.41, 5.74) is 0.614. The summed E-state index contributed by atoms with van der Waals surface area (Å²) in [6.45, 7) is 0.0300. The van der Waals surface area contributed by atoms with Crippen LogP contribution < -0.4 is 4.74 Å². The maximum atomic E-state index is 13.4. The zero-order valence-corrected chi connectivity index (χ0v) is 12.9. The molecule has 4 nitrogen and oxygen atoms in total. The number of nitrogens with zero attached hydrogens (tertiary/aromatic N) is 1. The van der Waals surface area contributed by atoms with E-state index in [-0.39, 0.29) is 17.2 Å². The molecular formula is C15H15F2NO3S. The molecule has 7 heteroatoms. The molecule has 2 rings (SSSR count). The van der Waals surface area contributed by atoms with Gasteiger partial charge in [-0.1, -0.05) is 12.1 Å². The van der Waals surface area contributed by atoms with Crippen LogP contribution >= 0.6 is 0 Å². The highest BCUT2D eigenvalue weighted by molar-refractivity contribution is 7.89. The van der Waals surface area contributed by atoms with Gasteiger partial charge in [-0.3, -0.25) is 0 Å². The minimum atomic E-state index is -3.94. The van der Waals surface area contributed by atoms with Crippen molar-refractivity contribution in [2.75, 3.05) is 14.2 Å². The van der Waals surface area contributed by atoms with Crippen LogP contribution in [-0.4, -0.2) is 26.9 Å². The maximum absolute atomic E-state index is 13.4. The second kappa shape index (κ2) is 6.41. The summed E-state index contributed by atoms with van der Waals surface area (Å²) in [4.78, 5) is -0.250. The summed E-state index contributed by atoms with van der Waals surface area (Å²) < 4.78 is 57.4. The fourth-order valence-electron chi connectivity index (χ4n) is 1.95. The second-order valence-corrected chi connectivity index (χ2v) is 6.70. The highest BCUT2D eigenvalue weighted by Gasteiger charge is 2.25. The number of benzene rings is 2. The standard InChI is InChI=1S/C15H15F2NO3S/c1-18(10-11-3-5-12(16)6-4-11)22(19,20)15-9-13(17)7-8-14(15)21-2/h3-9H,10H2,1-2H3. The lowest BCUT2D eigenvalue weighted by molar-refractivity contribution is 0.395. The van der Waals surface area contributed by atoms with Gasteiger partial charge >= 0.3 is 0 Å². The third kappa shape index (κ3) is 3.42. The minimum absolute atomic E-state index is 0.0300. The number of hydrogen-bond donors (Lipinski definition) is 0. The monoisotopic (exact) mass is 327 g/mol. The van der Waals surface area contributed by atoms with Crippen molar-refractivity contribution in [2.24, 2.45) is 0 Å². The highest BCUT2D eigenvalue weighted by Crippen LogP contribution is 2.27. The highest BCUT2D eigenvalue weighted by atomic mass is 32.2. The summed E-state index contributed by atoms with van der Waals surface area (Å²) in [7, 11) is -1.26. The Bertz CT molecular complexity index is 761. The van der Waals surface area contributed by atoms with E-state index < -0.39 is 21.7 Å². The van der Waals surface area contributed by atoms with E-state index in [1.165, 1.54) is 44.5 Å². The maximum Gasteiger partial charge on any atom is 0.246 e. The average molecular weight is 327 g/mol. The van der Waals surface area contributed by atoms with Crippen LogP contribution in [0, 0.1) is 11.6 Å². The lowest BCUT2D eigenvalue weighted by Gasteiger charge is -2.19. The predicted octanol–water partition coefficient (Wildman–Crippen LogP) is 2.79. The van der Waals surface area contributed by atoms with Gasteiger partial charge in [0, 0.05) is 13.6 Å². The summed E-state index contributed by atoms with van der Waals surface area (Å²) in [5, 5.41) is 0. The van der Waals surface area contributed by atoms with Gasteiger partial charge in [0.1, 0.15) is 22.3 Å². The van der Waals surface area contributed by atoms with Gasteiger partial charge in [-0.05, 0) is 35.9 Å². The van der Waals surface area contributed by atoms with Crippen LogP contribution in [-0.2, 0) is 16.6 Å². The summed E-state index contributed by atoms with van der Waals surface area (Å²) in [5.74, 6) is -1.01. The van der Waals surface area contributed by atoms with Crippen LogP contribution in [0.15, 0.2) is 47.4 Å². The van der Waals surface area contributed by atoms with Crippen LogP contribution in [0.3, 0.4) is 0 Å². The largest absolute Gasteiger partial charge is 0.495 e. The third-order valence-electron chi connectivity index (χ3n) is 3.13. The van der Waals surface area contributed by atoms with Crippen LogP contribution in [0.5, 0.6) is 5.75 Å². The van der Waals surface area contributed by atoms with Gasteiger partial charge in [0.25, 0.3) is 0 Å². The van der Waals surface area contributed by atoms with Crippen molar-refractivity contribution in [1.82, 2.24) is 4.31 Å². The summed E-state index contributed by atoms with van der Waals surface area (Å²) >= 11 is 0. The van der Waals surface area contributed by atoms with Crippen molar-refractivity contribution in [2.45, 2.75) is 11.4 Å². The zero-order chi connectivity index (χ0) is 16.3. The van der Waals surface area contributed by atoms with E-state index in [1.807, 2.05) is 0 Å². The van der Waals surface area contributed by atoms with Crippen molar-refractivity contribution in [3.8, 4) is 5.75 Å². The molecule has 2 aromatic rings. The first-order valence-electron chi connectivity index (χ1n) is 6.39. The van der Waals surface area contributed by atoms with Gasteiger partial charge in [0.2, 0.25) is 10.0 Å². The van der Waals surface area contributed by atoms with Crippen LogP contribution in [0.4, 0.5) is 8.78 Å². The molecule has 0 saturated heterocycles. The third-order valence-corrected chi connectivity index (χ3v) is 4.96. The molecule has 22 heavy (non-hydrogen) atoms. The van der Waals surface area contributed by atoms with E-state index >= 15 is 0 Å². The number of rotatable bonds is 5. The Morgan fingerprint density at radius 2 is 1.64 bits per heavy atom. The summed E-state index contributed by atoms with van der Waals surface area (Å²) in [6.07, 6.45) is 0. The predicted molar refractivity (Wildman–Crippen MR) is 78.0 cm³/mol. The number of hydrogen-bond acceptors (Lipinski definition) is 3. The van der Waals surface area contributed by atoms with Crippen LogP contribution in [0.25, 0.3) is 0 Å². The van der Waals surface area contributed by atoms with E-state index in [0.29, 0.717) is 5.56 Å². The number of halogens is 2. The topological polar surface area (TPSA) is 46.6 Å². The Balaban J connectivity index is 2.33. The van der Waals surface area contributed by atoms with Gasteiger partial charge in [0.15, 0.2) is 0 Å². The van der Waals surface area contributed by atoms with Crippen molar-refractivity contribution in [3.63, 3.8) is 0 Å². The molecule has 0 heterocycles. The molecule has 0 aliphatic carbocycles. The van der Waals surface area contributed by atoms with E-state index in [1.54, 1.807) is 0 Å². The Labute approximate surface area is 128 Å². The molecule has 0 N–H and O–H groups in total. The fraction of sp³-hybridized carbons (Fsp3) is 0.200. The number of sulfonamides is 1. The van der Waals surface area contributed by atoms with Crippen LogP contribution in [0.2, 0.25) is 0 Å². The lowest BCUT2D eigenvalue weighted by Crippen LogP contribution is -2.27. The first-order chi connectivity index (χ1) is 10.3. The average Bonchev–Trinajstić information content (AvgIpc) is 2.49. The van der Waals surface area contributed by atoms with Gasteiger partial charge < -0.3 is 4.74 Å². The number of methoxy groups -OCH3 is 1. The SMILES string of the molecule is COc1ccc(F)cc1S(=O)(=O)N(C)Cc1ccc(F)cc1. The molecule has 0 unspecified atom stereocenters. The van der Waals surface area contributed by atoms with Crippen molar-refractivity contribution in [1.29, 1.82) is 0 Å². The molecule has 0 amide bonds. The van der Waals surface area contributed by atoms with Crippen molar-refractivity contribution in [3.05, 3.63) is 59.7 Å². The molecule has 2 aromatic carbocycles. The molecule has 0 saturated carbocycles. The molecule has 0 aliphatic rings. The quantitative estimate of drug-likeness (QED) is 0.848. The molecule has 0 radical (unpaired) electrons. The molecule has 0 bridgehead atoms. The molecule has 0 atom stereocenters. The molecular weight excluding hydrogens is 312 g/mol. The van der Waals surface area contributed by atoms with E-state index in [4.69, 9.17) is 4.74 Å². The fourth-order valence-corrected chi connectivity index (χ4v) is 3.27. The van der Waals surface area contributed by atoms with E-state index in [9.17, 15) is 17.2 Å². The van der Waals surface area contributed by atoms with E-state index in [2.05, 4.69) is 0 Å². The Morgan fingerprint density at radius 1 is 1.05 bits per heavy atom. The van der Waals surface area contributed by atoms with Crippen molar-refractivity contribution < 1.29 is 21.9 Å². The molecule has 0 aromatic heterocycles. The zero-order valence-electron chi connectivity index (χ0n) is 12.1. The Hall–Kier alpha value is -1.99. The Morgan fingerprint density at radius 3 is 2.23 bits per heavy atom. The van der Waals surface area contributed by atoms with E-state index in [0.717, 1.165) is 16.4 Å². The number of ether oxygens (including phenoxy) is 1. The van der Waals surface area contributed by atoms with Crippen LogP contribution in [0.1, 0.15) is 5.56 Å². The smallest absolute Gasteiger partial charge is 0.246 e. The minimum Gasteiger partial charge on any atom is -0.495 e. The normalized spacial score (nSPS) is 11.7.